The van der Waals surface area contributed by atoms with Crippen LogP contribution in [0.5, 0.6) is 0 Å². The molecule has 0 heterocycles. The summed E-state index contributed by atoms with van der Waals surface area (Å²) in [6.45, 7) is 0. The fraction of sp³-hybridized carbons (Fsp3) is 0.833. The number of aliphatic hydroxyl groups excluding tert-OH is 1. The number of hydrogen-bond donors (Lipinski definition) is 1. The van der Waals surface area contributed by atoms with Crippen molar-refractivity contribution in [3.63, 3.8) is 0 Å². The molecule has 0 aromatic rings. The average Bonchev–Trinajstić information content (AvgIpc) is 1.69. The van der Waals surface area contributed by atoms with Crippen LogP contribution in [0.3, 0.4) is 0 Å². The van der Waals surface area contributed by atoms with Gasteiger partial charge in [0.05, 0.1) is 6.10 Å². The van der Waals surface area contributed by atoms with E-state index in [1.54, 1.807) is 0 Å². The molecule has 1 N–H and O–H groups in total. The van der Waals surface area contributed by atoms with Crippen LogP contribution >= 0.6 is 0 Å². The summed E-state index contributed by atoms with van der Waals surface area (Å²) in [6.07, 6.45) is 6.46. The maximum Gasteiger partial charge on any atom is 0.0543 e. The Bertz CT molecular complexity index is 46.1. The Balaban J connectivity index is 2.12. The molecule has 1 aliphatic rings. The molecule has 0 aromatic carbocycles. The van der Waals surface area contributed by atoms with Crippen molar-refractivity contribution < 1.29 is 5.11 Å². The van der Waals surface area contributed by atoms with Crippen LogP contribution in [0.15, 0.2) is 0 Å². The van der Waals surface area contributed by atoms with Crippen molar-refractivity contribution in [1.29, 1.82) is 0 Å². The predicted molar refractivity (Wildman–Crippen MR) is 28.8 cm³/mol. The highest BCUT2D eigenvalue weighted by Crippen LogP contribution is 2.15. The highest BCUT2D eigenvalue weighted by molar-refractivity contribution is 4.76. The van der Waals surface area contributed by atoms with E-state index in [2.05, 4.69) is 6.42 Å². The molecule has 0 bridgehead atoms. The van der Waals surface area contributed by atoms with Crippen LogP contribution in [0.4, 0.5) is 0 Å². The first-order valence-electron chi connectivity index (χ1n) is 2.89. The van der Waals surface area contributed by atoms with Crippen LogP contribution in [0, 0.1) is 6.42 Å². The topological polar surface area (TPSA) is 20.2 Å². The molecule has 1 heteroatoms. The molecule has 1 rings (SSSR count). The van der Waals surface area contributed by atoms with E-state index in [-0.39, 0.29) is 6.10 Å². The largest absolute Gasteiger partial charge is 0.393 e. The molecular weight excluding hydrogens is 88.1 g/mol. The summed E-state index contributed by atoms with van der Waals surface area (Å²) in [5.41, 5.74) is 0. The molecule has 0 saturated heterocycles. The van der Waals surface area contributed by atoms with E-state index < -0.39 is 0 Å². The molecule has 0 unspecified atom stereocenters. The third-order valence-electron chi connectivity index (χ3n) is 1.38. The number of rotatable bonds is 0. The first-order valence-corrected chi connectivity index (χ1v) is 2.89. The van der Waals surface area contributed by atoms with Gasteiger partial charge in [0.15, 0.2) is 0 Å². The van der Waals surface area contributed by atoms with Gasteiger partial charge in [-0.3, -0.25) is 0 Å². The molecule has 0 amide bonds. The Morgan fingerprint density at radius 1 is 1.57 bits per heavy atom. The van der Waals surface area contributed by atoms with Gasteiger partial charge in [-0.2, -0.15) is 0 Å². The normalized spacial score (nSPS) is 25.3. The van der Waals surface area contributed by atoms with Crippen molar-refractivity contribution >= 4 is 0 Å². The molecular formula is C6H11O. The van der Waals surface area contributed by atoms with Crippen LogP contribution in [-0.2, 0) is 0 Å². The zero-order chi connectivity index (χ0) is 5.11. The second-order valence-corrected chi connectivity index (χ2v) is 2.11. The van der Waals surface area contributed by atoms with Gasteiger partial charge in [0.2, 0.25) is 0 Å². The third-order valence-corrected chi connectivity index (χ3v) is 1.38. The van der Waals surface area contributed by atoms with Crippen LogP contribution in [-0.4, -0.2) is 11.2 Å². The molecule has 1 atom stereocenters. The van der Waals surface area contributed by atoms with Gasteiger partial charge < -0.3 is 5.11 Å². The van der Waals surface area contributed by atoms with Gasteiger partial charge in [0.1, 0.15) is 0 Å². The van der Waals surface area contributed by atoms with Crippen molar-refractivity contribution in [2.24, 2.45) is 0 Å². The van der Waals surface area contributed by atoms with Crippen molar-refractivity contribution in [2.45, 2.75) is 31.8 Å². The fourth-order valence-electron chi connectivity index (χ4n) is 0.926. The zero-order valence-corrected chi connectivity index (χ0v) is 4.43. The summed E-state index contributed by atoms with van der Waals surface area (Å²) >= 11 is 0. The van der Waals surface area contributed by atoms with E-state index in [4.69, 9.17) is 5.11 Å². The van der Waals surface area contributed by atoms with Crippen molar-refractivity contribution in [3.05, 3.63) is 6.42 Å². The SMILES string of the molecule is O[C@@H]1C[CH]CCC1. The van der Waals surface area contributed by atoms with Crippen LogP contribution in [0.25, 0.3) is 0 Å². The minimum atomic E-state index is -0.0197. The molecule has 41 valence electrons. The lowest BCUT2D eigenvalue weighted by molar-refractivity contribution is 0.148. The molecule has 1 nitrogen and oxygen atoms in total. The first-order chi connectivity index (χ1) is 3.39. The maximum atomic E-state index is 8.88. The van der Waals surface area contributed by atoms with Gasteiger partial charge in [-0.25, -0.2) is 0 Å². The second kappa shape index (κ2) is 2.31. The summed E-state index contributed by atoms with van der Waals surface area (Å²) < 4.78 is 0. The minimum Gasteiger partial charge on any atom is -0.393 e. The van der Waals surface area contributed by atoms with E-state index in [0.717, 1.165) is 12.8 Å². The Kier molecular flexibility index (Phi) is 1.69. The van der Waals surface area contributed by atoms with E-state index >= 15 is 0 Å². The van der Waals surface area contributed by atoms with E-state index in [9.17, 15) is 0 Å². The number of aliphatic hydroxyl groups is 1. The second-order valence-electron chi connectivity index (χ2n) is 2.11. The quantitative estimate of drug-likeness (QED) is 0.482. The fourth-order valence-corrected chi connectivity index (χ4v) is 0.926. The Morgan fingerprint density at radius 3 is 2.71 bits per heavy atom. The average molecular weight is 99.2 g/mol. The summed E-state index contributed by atoms with van der Waals surface area (Å²) in [5.74, 6) is 0. The van der Waals surface area contributed by atoms with Crippen molar-refractivity contribution in [3.8, 4) is 0 Å². The summed E-state index contributed by atoms with van der Waals surface area (Å²) in [6, 6.07) is 0. The molecule has 1 fully saturated rings. The monoisotopic (exact) mass is 99.1 g/mol. The third kappa shape index (κ3) is 1.48. The Labute approximate surface area is 44.4 Å². The summed E-state index contributed by atoms with van der Waals surface area (Å²) in [4.78, 5) is 0. The van der Waals surface area contributed by atoms with E-state index in [0.29, 0.717) is 0 Å². The Hall–Kier alpha value is -0.0400. The standard InChI is InChI=1S/C6H11O/c7-6-4-2-1-3-5-6/h2,6-7H,1,3-5H2/t6-/m1/s1. The molecule has 1 radical (unpaired) electrons. The van der Waals surface area contributed by atoms with E-state index in [1.807, 2.05) is 0 Å². The predicted octanol–water partition coefficient (Wildman–Crippen LogP) is 1.13. The molecule has 1 saturated carbocycles. The van der Waals surface area contributed by atoms with Crippen molar-refractivity contribution in [2.75, 3.05) is 0 Å². The van der Waals surface area contributed by atoms with Gasteiger partial charge in [0.25, 0.3) is 0 Å². The summed E-state index contributed by atoms with van der Waals surface area (Å²) in [7, 11) is 0. The lowest BCUT2D eigenvalue weighted by Crippen LogP contribution is -2.10. The van der Waals surface area contributed by atoms with Gasteiger partial charge in [-0.1, -0.05) is 6.42 Å². The highest BCUT2D eigenvalue weighted by atomic mass is 16.3. The van der Waals surface area contributed by atoms with Gasteiger partial charge in [-0.05, 0) is 25.7 Å². The smallest absolute Gasteiger partial charge is 0.0543 e. The van der Waals surface area contributed by atoms with Crippen LogP contribution < -0.4 is 0 Å². The molecule has 0 aliphatic heterocycles. The molecule has 1 aliphatic carbocycles. The maximum absolute atomic E-state index is 8.88. The molecule has 0 aromatic heterocycles. The number of hydrogen-bond acceptors (Lipinski definition) is 1. The Morgan fingerprint density at radius 2 is 2.43 bits per heavy atom. The van der Waals surface area contributed by atoms with Crippen LogP contribution in [0.2, 0.25) is 0 Å². The molecule has 7 heavy (non-hydrogen) atoms. The van der Waals surface area contributed by atoms with E-state index in [1.165, 1.54) is 12.8 Å². The minimum absolute atomic E-state index is 0.0197. The summed E-state index contributed by atoms with van der Waals surface area (Å²) in [5, 5.41) is 8.88. The lowest BCUT2D eigenvalue weighted by atomic mass is 9.98. The lowest BCUT2D eigenvalue weighted by Gasteiger charge is -2.14. The highest BCUT2D eigenvalue weighted by Gasteiger charge is 2.07. The van der Waals surface area contributed by atoms with Crippen LogP contribution in [0.1, 0.15) is 25.7 Å². The van der Waals surface area contributed by atoms with Gasteiger partial charge >= 0.3 is 0 Å². The first kappa shape index (κ1) is 5.10. The van der Waals surface area contributed by atoms with Crippen molar-refractivity contribution in [1.82, 2.24) is 0 Å². The zero-order valence-electron chi connectivity index (χ0n) is 4.43. The van der Waals surface area contributed by atoms with Gasteiger partial charge in [-0.15, -0.1) is 0 Å². The molecule has 0 spiro atoms. The van der Waals surface area contributed by atoms with Gasteiger partial charge in [0, 0.05) is 0 Å².